The average molecular weight is 283 g/mol. The molecule has 0 saturated heterocycles. The molecule has 0 spiro atoms. The fraction of sp³-hybridized carbons (Fsp3) is 0.417. The van der Waals surface area contributed by atoms with E-state index >= 15 is 0 Å². The van der Waals surface area contributed by atoms with Gasteiger partial charge in [-0.3, -0.25) is 4.79 Å². The predicted molar refractivity (Wildman–Crippen MR) is 68.6 cm³/mol. The Bertz CT molecular complexity index is 443. The number of nitrogens with two attached hydrogens (primary N) is 1. The molecule has 16 heavy (non-hydrogen) atoms. The molecule has 1 heterocycles. The van der Waals surface area contributed by atoms with Crippen molar-refractivity contribution in [1.82, 2.24) is 0 Å². The van der Waals surface area contributed by atoms with E-state index in [0.29, 0.717) is 6.54 Å². The topological polar surface area (TPSA) is 46.3 Å². The van der Waals surface area contributed by atoms with Gasteiger partial charge in [0.2, 0.25) is 5.91 Å². The van der Waals surface area contributed by atoms with Crippen LogP contribution in [0.15, 0.2) is 22.7 Å². The van der Waals surface area contributed by atoms with E-state index in [-0.39, 0.29) is 17.9 Å². The minimum Gasteiger partial charge on any atom is -0.322 e. The lowest BCUT2D eigenvalue weighted by Gasteiger charge is -2.20. The third kappa shape index (κ3) is 1.76. The summed E-state index contributed by atoms with van der Waals surface area (Å²) in [6.45, 7) is 5.05. The molecular weight excluding hydrogens is 268 g/mol. The van der Waals surface area contributed by atoms with E-state index in [1.54, 1.807) is 4.90 Å². The van der Waals surface area contributed by atoms with Crippen molar-refractivity contribution < 1.29 is 4.79 Å². The molecule has 0 saturated carbocycles. The van der Waals surface area contributed by atoms with Crippen LogP contribution in [0.4, 0.5) is 5.69 Å². The zero-order valence-electron chi connectivity index (χ0n) is 9.46. The normalized spacial score (nSPS) is 17.4. The molecule has 0 bridgehead atoms. The van der Waals surface area contributed by atoms with Gasteiger partial charge in [0.25, 0.3) is 0 Å². The molecule has 0 aromatic heterocycles. The van der Waals surface area contributed by atoms with E-state index in [2.05, 4.69) is 35.8 Å². The predicted octanol–water partition coefficient (Wildman–Crippen LogP) is 2.03. The molecule has 0 atom stereocenters. The summed E-state index contributed by atoms with van der Waals surface area (Å²) >= 11 is 3.46. The van der Waals surface area contributed by atoms with Gasteiger partial charge in [0.15, 0.2) is 0 Å². The Labute approximate surface area is 104 Å². The monoisotopic (exact) mass is 282 g/mol. The molecule has 3 nitrogen and oxygen atoms in total. The highest BCUT2D eigenvalue weighted by Crippen LogP contribution is 2.41. The van der Waals surface area contributed by atoms with Crippen LogP contribution >= 0.6 is 15.9 Å². The molecule has 2 rings (SSSR count). The Kier molecular flexibility index (Phi) is 2.80. The minimum atomic E-state index is -0.0193. The van der Waals surface area contributed by atoms with Gasteiger partial charge in [-0.05, 0) is 23.8 Å². The molecule has 0 fully saturated rings. The summed E-state index contributed by atoms with van der Waals surface area (Å²) in [5, 5.41) is 0. The van der Waals surface area contributed by atoms with Crippen molar-refractivity contribution in [3.8, 4) is 0 Å². The van der Waals surface area contributed by atoms with Gasteiger partial charge in [0.1, 0.15) is 0 Å². The van der Waals surface area contributed by atoms with Crippen molar-refractivity contribution in [2.24, 2.45) is 5.73 Å². The quantitative estimate of drug-likeness (QED) is 0.857. The highest BCUT2D eigenvalue weighted by molar-refractivity contribution is 9.10. The molecule has 1 aliphatic heterocycles. The highest BCUT2D eigenvalue weighted by Gasteiger charge is 2.37. The number of halogens is 1. The fourth-order valence-corrected chi connectivity index (χ4v) is 2.55. The third-order valence-corrected chi connectivity index (χ3v) is 3.50. The number of carbonyl (C=O) groups is 1. The Morgan fingerprint density at radius 1 is 1.56 bits per heavy atom. The number of nitrogens with zero attached hydrogens (tertiary/aromatic N) is 1. The number of hydrogen-bond acceptors (Lipinski definition) is 2. The number of benzene rings is 1. The van der Waals surface area contributed by atoms with Crippen molar-refractivity contribution in [3.63, 3.8) is 0 Å². The van der Waals surface area contributed by atoms with Crippen molar-refractivity contribution in [1.29, 1.82) is 0 Å². The van der Waals surface area contributed by atoms with E-state index in [4.69, 9.17) is 5.73 Å². The van der Waals surface area contributed by atoms with Crippen LogP contribution in [0.1, 0.15) is 19.4 Å². The Hall–Kier alpha value is -0.870. The van der Waals surface area contributed by atoms with Crippen LogP contribution in [0, 0.1) is 0 Å². The molecule has 86 valence electrons. The van der Waals surface area contributed by atoms with Crippen LogP contribution in [0.5, 0.6) is 0 Å². The summed E-state index contributed by atoms with van der Waals surface area (Å²) < 4.78 is 1.04. The van der Waals surface area contributed by atoms with E-state index < -0.39 is 0 Å². The van der Waals surface area contributed by atoms with Gasteiger partial charge in [0, 0.05) is 22.1 Å². The number of carbonyl (C=O) groups excluding carboxylic acids is 1. The van der Waals surface area contributed by atoms with Crippen molar-refractivity contribution in [3.05, 3.63) is 28.2 Å². The zero-order chi connectivity index (χ0) is 11.9. The van der Waals surface area contributed by atoms with Gasteiger partial charge < -0.3 is 10.6 Å². The summed E-state index contributed by atoms with van der Waals surface area (Å²) in [5.41, 5.74) is 7.60. The fourth-order valence-electron chi connectivity index (χ4n) is 2.18. The standard InChI is InChI=1S/C12H15BrN2O/c1-12(2)7-15(11(16)6-14)10-4-3-8(13)5-9(10)12/h3-5H,6-7,14H2,1-2H3. The van der Waals surface area contributed by atoms with Gasteiger partial charge >= 0.3 is 0 Å². The Morgan fingerprint density at radius 2 is 2.25 bits per heavy atom. The van der Waals surface area contributed by atoms with Crippen LogP contribution in [0.25, 0.3) is 0 Å². The summed E-state index contributed by atoms with van der Waals surface area (Å²) in [6, 6.07) is 6.01. The SMILES string of the molecule is CC1(C)CN(C(=O)CN)c2ccc(Br)cc21. The van der Waals surface area contributed by atoms with Crippen LogP contribution in [-0.2, 0) is 10.2 Å². The second-order valence-corrected chi connectivity index (χ2v) is 5.65. The number of amides is 1. The third-order valence-electron chi connectivity index (χ3n) is 3.01. The summed E-state index contributed by atoms with van der Waals surface area (Å²) in [4.78, 5) is 13.5. The molecule has 1 aliphatic rings. The maximum absolute atomic E-state index is 11.7. The first-order valence-electron chi connectivity index (χ1n) is 5.26. The van der Waals surface area contributed by atoms with E-state index in [1.807, 2.05) is 12.1 Å². The first-order chi connectivity index (χ1) is 7.45. The van der Waals surface area contributed by atoms with Crippen LogP contribution < -0.4 is 10.6 Å². The van der Waals surface area contributed by atoms with Crippen molar-refractivity contribution in [2.45, 2.75) is 19.3 Å². The van der Waals surface area contributed by atoms with Gasteiger partial charge in [-0.2, -0.15) is 0 Å². The van der Waals surface area contributed by atoms with Gasteiger partial charge in [-0.25, -0.2) is 0 Å². The Balaban J connectivity index is 2.51. The first-order valence-corrected chi connectivity index (χ1v) is 6.05. The molecule has 4 heteroatoms. The van der Waals surface area contributed by atoms with E-state index in [9.17, 15) is 4.79 Å². The molecule has 0 radical (unpaired) electrons. The molecule has 0 aliphatic carbocycles. The average Bonchev–Trinajstić information content (AvgIpc) is 2.50. The van der Waals surface area contributed by atoms with Gasteiger partial charge in [-0.1, -0.05) is 29.8 Å². The maximum atomic E-state index is 11.7. The largest absolute Gasteiger partial charge is 0.322 e. The molecule has 1 aromatic rings. The van der Waals surface area contributed by atoms with Crippen molar-refractivity contribution in [2.75, 3.05) is 18.0 Å². The molecule has 2 N–H and O–H groups in total. The lowest BCUT2D eigenvalue weighted by molar-refractivity contribution is -0.117. The summed E-state index contributed by atoms with van der Waals surface area (Å²) in [7, 11) is 0. The molecular formula is C12H15BrN2O. The summed E-state index contributed by atoms with van der Waals surface area (Å²) in [6.07, 6.45) is 0. The smallest absolute Gasteiger partial charge is 0.240 e. The maximum Gasteiger partial charge on any atom is 0.240 e. The second kappa shape index (κ2) is 3.86. The first kappa shape index (κ1) is 11.6. The number of hydrogen-bond donors (Lipinski definition) is 1. The minimum absolute atomic E-state index is 0.00998. The second-order valence-electron chi connectivity index (χ2n) is 4.73. The van der Waals surface area contributed by atoms with E-state index in [1.165, 1.54) is 5.56 Å². The number of fused-ring (bicyclic) bond motifs is 1. The highest BCUT2D eigenvalue weighted by atomic mass is 79.9. The molecule has 0 unspecified atom stereocenters. The zero-order valence-corrected chi connectivity index (χ0v) is 11.0. The molecule has 1 amide bonds. The lowest BCUT2D eigenvalue weighted by atomic mass is 9.87. The van der Waals surface area contributed by atoms with E-state index in [0.717, 1.165) is 10.2 Å². The number of anilines is 1. The van der Waals surface area contributed by atoms with Gasteiger partial charge in [-0.15, -0.1) is 0 Å². The van der Waals surface area contributed by atoms with Crippen molar-refractivity contribution >= 4 is 27.5 Å². The van der Waals surface area contributed by atoms with Crippen LogP contribution in [0.2, 0.25) is 0 Å². The summed E-state index contributed by atoms with van der Waals surface area (Å²) in [5.74, 6) is -0.0193. The van der Waals surface area contributed by atoms with Crippen LogP contribution in [-0.4, -0.2) is 19.0 Å². The Morgan fingerprint density at radius 3 is 2.88 bits per heavy atom. The van der Waals surface area contributed by atoms with Crippen LogP contribution in [0.3, 0.4) is 0 Å². The van der Waals surface area contributed by atoms with Gasteiger partial charge in [0.05, 0.1) is 6.54 Å². The lowest BCUT2D eigenvalue weighted by Crippen LogP contribution is -2.37. The number of rotatable bonds is 1. The molecule has 1 aromatic carbocycles.